The van der Waals surface area contributed by atoms with E-state index in [9.17, 15) is 14.0 Å². The van der Waals surface area contributed by atoms with E-state index in [4.69, 9.17) is 9.47 Å². The van der Waals surface area contributed by atoms with Crippen LogP contribution in [0.2, 0.25) is 0 Å². The molecular weight excluding hydrogens is 351 g/mol. The van der Waals surface area contributed by atoms with Crippen molar-refractivity contribution in [1.29, 1.82) is 0 Å². The summed E-state index contributed by atoms with van der Waals surface area (Å²) < 4.78 is 23.9. The molecule has 1 heterocycles. The van der Waals surface area contributed by atoms with Crippen molar-refractivity contribution in [3.63, 3.8) is 0 Å². The first-order chi connectivity index (χ1) is 13.0. The highest BCUT2D eigenvalue weighted by atomic mass is 19.1. The Bertz CT molecular complexity index is 848. The van der Waals surface area contributed by atoms with Crippen molar-refractivity contribution < 1.29 is 23.5 Å². The number of ether oxygens (including phenoxy) is 2. The third kappa shape index (κ3) is 3.86. The number of para-hydroxylation sites is 1. The van der Waals surface area contributed by atoms with Crippen molar-refractivity contribution in [3.05, 3.63) is 59.4 Å². The fourth-order valence-corrected chi connectivity index (χ4v) is 3.14. The lowest BCUT2D eigenvalue weighted by Gasteiger charge is -2.35. The maximum Gasteiger partial charge on any atom is 0.257 e. The van der Waals surface area contributed by atoms with Gasteiger partial charge in [-0.2, -0.15) is 0 Å². The zero-order valence-corrected chi connectivity index (χ0v) is 15.3. The van der Waals surface area contributed by atoms with Gasteiger partial charge in [0.1, 0.15) is 5.82 Å². The van der Waals surface area contributed by atoms with Crippen LogP contribution in [0.15, 0.2) is 42.5 Å². The average molecular weight is 372 g/mol. The molecule has 1 aliphatic rings. The smallest absolute Gasteiger partial charge is 0.257 e. The van der Waals surface area contributed by atoms with Crippen molar-refractivity contribution in [2.45, 2.75) is 0 Å². The Kier molecular flexibility index (Phi) is 5.59. The summed E-state index contributed by atoms with van der Waals surface area (Å²) in [5, 5.41) is 0. The maximum absolute atomic E-state index is 13.3. The van der Waals surface area contributed by atoms with Gasteiger partial charge in [0.2, 0.25) is 0 Å². The van der Waals surface area contributed by atoms with E-state index in [-0.39, 0.29) is 11.8 Å². The number of methoxy groups -OCH3 is 2. The third-order valence-corrected chi connectivity index (χ3v) is 4.56. The highest BCUT2D eigenvalue weighted by Crippen LogP contribution is 2.31. The number of rotatable bonds is 4. The fraction of sp³-hybridized carbons (Fsp3) is 0.300. The molecule has 0 atom stereocenters. The molecule has 1 saturated heterocycles. The van der Waals surface area contributed by atoms with Crippen molar-refractivity contribution >= 4 is 11.8 Å². The number of piperazine rings is 1. The molecule has 0 bridgehead atoms. The molecule has 142 valence electrons. The average Bonchev–Trinajstić information content (AvgIpc) is 2.72. The summed E-state index contributed by atoms with van der Waals surface area (Å²) in [4.78, 5) is 28.7. The molecule has 2 amide bonds. The molecule has 7 heteroatoms. The number of halogens is 1. The number of carbonyl (C=O) groups excluding carboxylic acids is 2. The van der Waals surface area contributed by atoms with E-state index in [0.29, 0.717) is 48.8 Å². The Balaban J connectivity index is 1.69. The minimum absolute atomic E-state index is 0.177. The lowest BCUT2D eigenvalue weighted by Crippen LogP contribution is -2.50. The Morgan fingerprint density at radius 1 is 0.889 bits per heavy atom. The van der Waals surface area contributed by atoms with Crippen LogP contribution in [0.1, 0.15) is 20.7 Å². The summed E-state index contributed by atoms with van der Waals surface area (Å²) in [7, 11) is 3.01. The summed E-state index contributed by atoms with van der Waals surface area (Å²) in [5.41, 5.74) is 0.728. The number of hydrogen-bond donors (Lipinski definition) is 0. The quantitative estimate of drug-likeness (QED) is 0.827. The second kappa shape index (κ2) is 8.07. The predicted octanol–water partition coefficient (Wildman–Crippen LogP) is 2.44. The van der Waals surface area contributed by atoms with Crippen molar-refractivity contribution in [1.82, 2.24) is 9.80 Å². The molecule has 1 aliphatic heterocycles. The van der Waals surface area contributed by atoms with E-state index in [1.165, 1.54) is 32.4 Å². The van der Waals surface area contributed by atoms with Gasteiger partial charge in [-0.15, -0.1) is 0 Å². The second-order valence-corrected chi connectivity index (χ2v) is 6.14. The first-order valence-electron chi connectivity index (χ1n) is 8.60. The van der Waals surface area contributed by atoms with Gasteiger partial charge in [0.05, 0.1) is 19.8 Å². The van der Waals surface area contributed by atoms with Crippen LogP contribution < -0.4 is 9.47 Å². The Hall–Kier alpha value is -3.09. The van der Waals surface area contributed by atoms with E-state index in [2.05, 4.69) is 0 Å². The molecule has 0 spiro atoms. The molecule has 3 rings (SSSR count). The number of hydrogen-bond acceptors (Lipinski definition) is 4. The van der Waals surface area contributed by atoms with Crippen LogP contribution in [-0.2, 0) is 0 Å². The van der Waals surface area contributed by atoms with Crippen LogP contribution >= 0.6 is 0 Å². The van der Waals surface area contributed by atoms with E-state index >= 15 is 0 Å². The van der Waals surface area contributed by atoms with E-state index in [0.717, 1.165) is 0 Å². The van der Waals surface area contributed by atoms with Gasteiger partial charge in [0, 0.05) is 31.7 Å². The third-order valence-electron chi connectivity index (χ3n) is 4.56. The first kappa shape index (κ1) is 18.7. The SMILES string of the molecule is COc1cccc(C(=O)N2CCN(C(=O)c3cccc(F)c3)CC2)c1OC. The maximum atomic E-state index is 13.3. The fourth-order valence-electron chi connectivity index (χ4n) is 3.14. The molecule has 0 radical (unpaired) electrons. The van der Waals surface area contributed by atoms with Gasteiger partial charge in [-0.1, -0.05) is 12.1 Å². The highest BCUT2D eigenvalue weighted by Gasteiger charge is 2.27. The van der Waals surface area contributed by atoms with Crippen LogP contribution in [0.5, 0.6) is 11.5 Å². The van der Waals surface area contributed by atoms with Crippen LogP contribution in [0.4, 0.5) is 4.39 Å². The highest BCUT2D eigenvalue weighted by molar-refractivity contribution is 5.98. The molecule has 6 nitrogen and oxygen atoms in total. The molecule has 0 aliphatic carbocycles. The van der Waals surface area contributed by atoms with Gasteiger partial charge in [0.15, 0.2) is 11.5 Å². The van der Waals surface area contributed by atoms with Gasteiger partial charge in [0.25, 0.3) is 11.8 Å². The Morgan fingerprint density at radius 3 is 2.11 bits per heavy atom. The van der Waals surface area contributed by atoms with Crippen LogP contribution in [0.3, 0.4) is 0 Å². The largest absolute Gasteiger partial charge is 0.493 e. The normalized spacial score (nSPS) is 14.0. The topological polar surface area (TPSA) is 59.1 Å². The lowest BCUT2D eigenvalue weighted by atomic mass is 10.1. The number of carbonyl (C=O) groups is 2. The molecular formula is C20H21FN2O4. The van der Waals surface area contributed by atoms with Gasteiger partial charge < -0.3 is 19.3 Å². The van der Waals surface area contributed by atoms with Crippen LogP contribution in [-0.4, -0.2) is 62.0 Å². The van der Waals surface area contributed by atoms with E-state index in [1.54, 1.807) is 34.1 Å². The lowest BCUT2D eigenvalue weighted by molar-refractivity contribution is 0.0533. The van der Waals surface area contributed by atoms with E-state index < -0.39 is 5.82 Å². The Labute approximate surface area is 157 Å². The first-order valence-corrected chi connectivity index (χ1v) is 8.60. The summed E-state index contributed by atoms with van der Waals surface area (Å²) in [5.74, 6) is 0.0236. The Morgan fingerprint density at radius 2 is 1.52 bits per heavy atom. The van der Waals surface area contributed by atoms with Crippen LogP contribution in [0, 0.1) is 5.82 Å². The molecule has 27 heavy (non-hydrogen) atoms. The van der Waals surface area contributed by atoms with Crippen molar-refractivity contribution in [3.8, 4) is 11.5 Å². The zero-order chi connectivity index (χ0) is 19.4. The van der Waals surface area contributed by atoms with Crippen molar-refractivity contribution in [2.75, 3.05) is 40.4 Å². The standard InChI is InChI=1S/C20H21FN2O4/c1-26-17-8-4-7-16(18(17)27-2)20(25)23-11-9-22(10-12-23)19(24)14-5-3-6-15(21)13-14/h3-8,13H,9-12H2,1-2H3. The molecule has 1 fully saturated rings. The van der Waals surface area contributed by atoms with Gasteiger partial charge >= 0.3 is 0 Å². The minimum Gasteiger partial charge on any atom is -0.493 e. The molecule has 0 aromatic heterocycles. The number of benzene rings is 2. The second-order valence-electron chi connectivity index (χ2n) is 6.14. The number of nitrogens with zero attached hydrogens (tertiary/aromatic N) is 2. The molecule has 0 saturated carbocycles. The van der Waals surface area contributed by atoms with E-state index in [1.807, 2.05) is 0 Å². The molecule has 0 N–H and O–H groups in total. The summed E-state index contributed by atoms with van der Waals surface area (Å²) in [6, 6.07) is 10.8. The summed E-state index contributed by atoms with van der Waals surface area (Å²) >= 11 is 0. The van der Waals surface area contributed by atoms with Crippen molar-refractivity contribution in [2.24, 2.45) is 0 Å². The molecule has 2 aromatic rings. The molecule has 2 aromatic carbocycles. The van der Waals surface area contributed by atoms with Gasteiger partial charge in [-0.3, -0.25) is 9.59 Å². The summed E-state index contributed by atoms with van der Waals surface area (Å²) in [6.45, 7) is 1.54. The zero-order valence-electron chi connectivity index (χ0n) is 15.3. The predicted molar refractivity (Wildman–Crippen MR) is 97.8 cm³/mol. The number of amides is 2. The minimum atomic E-state index is -0.445. The monoisotopic (exact) mass is 372 g/mol. The van der Waals surface area contributed by atoms with Gasteiger partial charge in [-0.25, -0.2) is 4.39 Å². The summed E-state index contributed by atoms with van der Waals surface area (Å²) in [6.07, 6.45) is 0. The van der Waals surface area contributed by atoms with Crippen LogP contribution in [0.25, 0.3) is 0 Å². The van der Waals surface area contributed by atoms with Gasteiger partial charge in [-0.05, 0) is 30.3 Å². The molecule has 0 unspecified atom stereocenters.